The van der Waals surface area contributed by atoms with E-state index < -0.39 is 5.38 Å². The zero-order chi connectivity index (χ0) is 14.0. The van der Waals surface area contributed by atoms with Gasteiger partial charge in [0, 0.05) is 5.56 Å². The van der Waals surface area contributed by atoms with Crippen molar-refractivity contribution >= 4 is 34.8 Å². The average Bonchev–Trinajstić information content (AvgIpc) is 2.37. The fraction of sp³-hybridized carbons (Fsp3) is 0.200. The van der Waals surface area contributed by atoms with E-state index in [0.29, 0.717) is 27.6 Å². The van der Waals surface area contributed by atoms with Crippen molar-refractivity contribution in [2.75, 3.05) is 0 Å². The molecular formula is C15H12Cl3F. The molecule has 0 aliphatic heterocycles. The second kappa shape index (κ2) is 6.13. The molecule has 0 spiro atoms. The lowest BCUT2D eigenvalue weighted by atomic mass is 10.0. The topological polar surface area (TPSA) is 0 Å². The fourth-order valence-corrected chi connectivity index (χ4v) is 2.56. The van der Waals surface area contributed by atoms with Crippen molar-refractivity contribution in [3.63, 3.8) is 0 Å². The van der Waals surface area contributed by atoms with Crippen molar-refractivity contribution in [2.45, 2.75) is 18.7 Å². The molecule has 0 aliphatic carbocycles. The molecule has 1 atom stereocenters. The van der Waals surface area contributed by atoms with Crippen molar-refractivity contribution in [3.8, 4) is 0 Å². The van der Waals surface area contributed by atoms with Gasteiger partial charge in [-0.2, -0.15) is 0 Å². The molecule has 2 aromatic rings. The van der Waals surface area contributed by atoms with Crippen LogP contribution in [0.25, 0.3) is 0 Å². The molecule has 0 bridgehead atoms. The zero-order valence-corrected chi connectivity index (χ0v) is 12.5. The van der Waals surface area contributed by atoms with Gasteiger partial charge in [-0.25, -0.2) is 4.39 Å². The molecule has 4 heteroatoms. The van der Waals surface area contributed by atoms with Gasteiger partial charge in [-0.05, 0) is 36.6 Å². The van der Waals surface area contributed by atoms with Crippen LogP contribution in [0.3, 0.4) is 0 Å². The van der Waals surface area contributed by atoms with Gasteiger partial charge in [-0.15, -0.1) is 11.6 Å². The van der Waals surface area contributed by atoms with Gasteiger partial charge in [0.05, 0.1) is 15.4 Å². The van der Waals surface area contributed by atoms with Crippen LogP contribution in [0.15, 0.2) is 36.4 Å². The third kappa shape index (κ3) is 3.42. The Hall–Kier alpha value is -0.760. The number of halogens is 4. The van der Waals surface area contributed by atoms with Crippen molar-refractivity contribution in [1.82, 2.24) is 0 Å². The van der Waals surface area contributed by atoms with E-state index in [4.69, 9.17) is 34.8 Å². The Kier molecular flexibility index (Phi) is 4.72. The number of hydrogen-bond acceptors (Lipinski definition) is 0. The van der Waals surface area contributed by atoms with E-state index in [9.17, 15) is 4.39 Å². The van der Waals surface area contributed by atoms with Gasteiger partial charge in [0.2, 0.25) is 0 Å². The van der Waals surface area contributed by atoms with E-state index in [2.05, 4.69) is 0 Å². The van der Waals surface area contributed by atoms with Gasteiger partial charge in [-0.1, -0.05) is 47.5 Å². The quantitative estimate of drug-likeness (QED) is 0.612. The molecule has 19 heavy (non-hydrogen) atoms. The summed E-state index contributed by atoms with van der Waals surface area (Å²) in [5.74, 6) is -0.248. The molecule has 2 rings (SSSR count). The summed E-state index contributed by atoms with van der Waals surface area (Å²) < 4.78 is 14.0. The first-order valence-corrected chi connectivity index (χ1v) is 7.01. The molecule has 100 valence electrons. The molecule has 0 saturated heterocycles. The first-order valence-electron chi connectivity index (χ1n) is 5.82. The van der Waals surface area contributed by atoms with Crippen LogP contribution in [0.1, 0.15) is 22.1 Å². The summed E-state index contributed by atoms with van der Waals surface area (Å²) in [7, 11) is 0. The fourth-order valence-electron chi connectivity index (χ4n) is 1.90. The SMILES string of the molecule is Cc1cccc(C(Cl)Cc2ccc(Cl)c(Cl)c2)c1F. The largest absolute Gasteiger partial charge is 0.206 e. The molecule has 2 aromatic carbocycles. The standard InChI is InChI=1S/C15H12Cl3F/c1-9-3-2-4-11(15(9)19)13(17)7-10-5-6-12(16)14(18)8-10/h2-6,8,13H,7H2,1H3. The van der Waals surface area contributed by atoms with Crippen molar-refractivity contribution in [3.05, 3.63) is 69.0 Å². The van der Waals surface area contributed by atoms with Crippen LogP contribution in [0, 0.1) is 12.7 Å². The molecule has 0 aliphatic rings. The minimum atomic E-state index is -0.433. The highest BCUT2D eigenvalue weighted by Gasteiger charge is 2.15. The Balaban J connectivity index is 2.23. The Morgan fingerprint density at radius 2 is 1.84 bits per heavy atom. The molecule has 0 nitrogen and oxygen atoms in total. The predicted octanol–water partition coefficient (Wildman–Crippen LogP) is 5.96. The van der Waals surface area contributed by atoms with E-state index in [1.165, 1.54) is 0 Å². The smallest absolute Gasteiger partial charge is 0.130 e. The second-order valence-electron chi connectivity index (χ2n) is 4.40. The summed E-state index contributed by atoms with van der Waals surface area (Å²) in [4.78, 5) is 0. The third-order valence-corrected chi connectivity index (χ3v) is 4.09. The average molecular weight is 318 g/mol. The van der Waals surface area contributed by atoms with Gasteiger partial charge < -0.3 is 0 Å². The lowest BCUT2D eigenvalue weighted by molar-refractivity contribution is 0.597. The first kappa shape index (κ1) is 14.6. The number of alkyl halides is 1. The molecule has 1 unspecified atom stereocenters. The zero-order valence-electron chi connectivity index (χ0n) is 10.3. The maximum Gasteiger partial charge on any atom is 0.130 e. The molecule has 0 heterocycles. The normalized spacial score (nSPS) is 12.5. The third-order valence-electron chi connectivity index (χ3n) is 2.96. The summed E-state index contributed by atoms with van der Waals surface area (Å²) in [5, 5.41) is 0.545. The number of rotatable bonds is 3. The number of benzene rings is 2. The van der Waals surface area contributed by atoms with Crippen LogP contribution in [0.4, 0.5) is 4.39 Å². The van der Waals surface area contributed by atoms with Crippen molar-refractivity contribution < 1.29 is 4.39 Å². The Bertz CT molecular complexity index is 596. The summed E-state index contributed by atoms with van der Waals surface area (Å²) in [5.41, 5.74) is 2.03. The Morgan fingerprint density at radius 3 is 2.53 bits per heavy atom. The molecular weight excluding hydrogens is 306 g/mol. The lowest BCUT2D eigenvalue weighted by Crippen LogP contribution is -2.00. The minimum absolute atomic E-state index is 0.248. The van der Waals surface area contributed by atoms with E-state index in [0.717, 1.165) is 5.56 Å². The highest BCUT2D eigenvalue weighted by atomic mass is 35.5. The second-order valence-corrected chi connectivity index (χ2v) is 5.74. The summed E-state index contributed by atoms with van der Waals surface area (Å²) in [6.07, 6.45) is 0.499. The minimum Gasteiger partial charge on any atom is -0.206 e. The van der Waals surface area contributed by atoms with E-state index in [1.807, 2.05) is 6.07 Å². The van der Waals surface area contributed by atoms with Gasteiger partial charge >= 0.3 is 0 Å². The van der Waals surface area contributed by atoms with Crippen LogP contribution in [-0.2, 0) is 6.42 Å². The molecule has 0 radical (unpaired) electrons. The highest BCUT2D eigenvalue weighted by molar-refractivity contribution is 6.42. The summed E-state index contributed by atoms with van der Waals surface area (Å²) in [6, 6.07) is 10.6. The van der Waals surface area contributed by atoms with Gasteiger partial charge in [-0.3, -0.25) is 0 Å². The van der Waals surface area contributed by atoms with Gasteiger partial charge in [0.25, 0.3) is 0 Å². The van der Waals surface area contributed by atoms with E-state index in [1.54, 1.807) is 37.3 Å². The van der Waals surface area contributed by atoms with Gasteiger partial charge in [0.1, 0.15) is 5.82 Å². The first-order chi connectivity index (χ1) is 8.99. The summed E-state index contributed by atoms with van der Waals surface area (Å²) >= 11 is 18.1. The van der Waals surface area contributed by atoms with Crippen LogP contribution in [-0.4, -0.2) is 0 Å². The maximum atomic E-state index is 14.0. The van der Waals surface area contributed by atoms with E-state index in [-0.39, 0.29) is 5.82 Å². The summed E-state index contributed by atoms with van der Waals surface area (Å²) in [6.45, 7) is 1.72. The molecule has 0 saturated carbocycles. The van der Waals surface area contributed by atoms with Crippen LogP contribution >= 0.6 is 34.8 Å². The predicted molar refractivity (Wildman–Crippen MR) is 79.9 cm³/mol. The molecule has 0 fully saturated rings. The van der Waals surface area contributed by atoms with Crippen LogP contribution in [0.5, 0.6) is 0 Å². The maximum absolute atomic E-state index is 14.0. The number of aryl methyl sites for hydroxylation is 1. The van der Waals surface area contributed by atoms with Crippen molar-refractivity contribution in [2.24, 2.45) is 0 Å². The Morgan fingerprint density at radius 1 is 1.11 bits per heavy atom. The van der Waals surface area contributed by atoms with Crippen molar-refractivity contribution in [1.29, 1.82) is 0 Å². The van der Waals surface area contributed by atoms with Crippen LogP contribution in [0.2, 0.25) is 10.0 Å². The number of hydrogen-bond donors (Lipinski definition) is 0. The highest BCUT2D eigenvalue weighted by Crippen LogP contribution is 2.30. The van der Waals surface area contributed by atoms with Crippen LogP contribution < -0.4 is 0 Å². The molecule has 0 aromatic heterocycles. The lowest BCUT2D eigenvalue weighted by Gasteiger charge is -2.12. The van der Waals surface area contributed by atoms with E-state index >= 15 is 0 Å². The Labute approximate surface area is 127 Å². The monoisotopic (exact) mass is 316 g/mol. The molecule has 0 N–H and O–H groups in total. The molecule has 0 amide bonds. The van der Waals surface area contributed by atoms with Gasteiger partial charge in [0.15, 0.2) is 0 Å².